The monoisotopic (exact) mass is 267 g/mol. The summed E-state index contributed by atoms with van der Waals surface area (Å²) in [6.07, 6.45) is 0. The molecule has 0 atom stereocenters. The second kappa shape index (κ2) is 4.88. The Kier molecular flexibility index (Phi) is 3.45. The molecule has 1 heterocycles. The molecule has 0 aliphatic rings. The van der Waals surface area contributed by atoms with Crippen molar-refractivity contribution in [3.63, 3.8) is 0 Å². The van der Waals surface area contributed by atoms with Crippen molar-refractivity contribution in [2.24, 2.45) is 5.84 Å². The lowest BCUT2D eigenvalue weighted by molar-refractivity contribution is 0.397. The van der Waals surface area contributed by atoms with Crippen LogP contribution in [-0.4, -0.2) is 19.2 Å². The molecule has 0 bridgehead atoms. The van der Waals surface area contributed by atoms with Gasteiger partial charge in [0.05, 0.1) is 30.3 Å². The number of aryl methyl sites for hydroxylation is 1. The zero-order chi connectivity index (χ0) is 13.3. The number of hydrogen-bond acceptors (Lipinski definition) is 5. The fourth-order valence-corrected chi connectivity index (χ4v) is 2.19. The number of nitrogens with one attached hydrogen (secondary N) is 1. The number of anilines is 1. The van der Waals surface area contributed by atoms with Gasteiger partial charge in [-0.25, -0.2) is 4.98 Å². The molecular weight excluding hydrogens is 254 g/mol. The summed E-state index contributed by atoms with van der Waals surface area (Å²) >= 11 is 6.29. The molecule has 0 aliphatic carbocycles. The first kappa shape index (κ1) is 12.7. The van der Waals surface area contributed by atoms with Crippen LogP contribution < -0.4 is 20.7 Å². The average Bonchev–Trinajstić information content (AvgIpc) is 2.38. The molecule has 6 heteroatoms. The molecular formula is C12H14ClN3O2. The molecule has 18 heavy (non-hydrogen) atoms. The lowest BCUT2D eigenvalue weighted by atomic mass is 10.1. The van der Waals surface area contributed by atoms with E-state index in [9.17, 15) is 0 Å². The number of nitrogens with two attached hydrogens (primary N) is 1. The van der Waals surface area contributed by atoms with Crippen molar-refractivity contribution in [1.29, 1.82) is 0 Å². The normalized spacial score (nSPS) is 10.5. The van der Waals surface area contributed by atoms with Gasteiger partial charge in [0.15, 0.2) is 0 Å². The van der Waals surface area contributed by atoms with Crippen LogP contribution >= 0.6 is 11.6 Å². The van der Waals surface area contributed by atoms with Crippen LogP contribution in [0.15, 0.2) is 12.1 Å². The van der Waals surface area contributed by atoms with Crippen molar-refractivity contribution in [3.8, 4) is 11.5 Å². The minimum absolute atomic E-state index is 0.453. The number of aromatic nitrogens is 1. The van der Waals surface area contributed by atoms with E-state index in [1.165, 1.54) is 0 Å². The highest BCUT2D eigenvalue weighted by molar-refractivity contribution is 6.38. The van der Waals surface area contributed by atoms with Crippen molar-refractivity contribution < 1.29 is 9.47 Å². The third kappa shape index (κ3) is 1.91. The summed E-state index contributed by atoms with van der Waals surface area (Å²) in [7, 11) is 3.12. The minimum Gasteiger partial charge on any atom is -0.495 e. The summed E-state index contributed by atoms with van der Waals surface area (Å²) in [5.74, 6) is 6.62. The second-order valence-corrected chi connectivity index (χ2v) is 4.15. The maximum Gasteiger partial charge on any atom is 0.148 e. The standard InChI is InChI=1S/C12H14ClN3O2/c1-6-4-7(16-14)10-11(13)8(17-2)5-9(18-3)12(10)15-6/h4-5H,14H2,1-3H3,(H,15,16). The molecule has 0 spiro atoms. The van der Waals surface area contributed by atoms with E-state index < -0.39 is 0 Å². The first-order valence-electron chi connectivity index (χ1n) is 5.30. The molecule has 96 valence electrons. The number of halogens is 1. The van der Waals surface area contributed by atoms with E-state index in [0.29, 0.717) is 33.1 Å². The SMILES string of the molecule is COc1cc(OC)c2nc(C)cc(NN)c2c1Cl. The zero-order valence-electron chi connectivity index (χ0n) is 10.4. The molecule has 0 radical (unpaired) electrons. The largest absolute Gasteiger partial charge is 0.495 e. The highest BCUT2D eigenvalue weighted by Crippen LogP contribution is 2.41. The molecule has 0 saturated carbocycles. The number of benzene rings is 1. The summed E-state index contributed by atoms with van der Waals surface area (Å²) in [5, 5.41) is 1.13. The molecule has 2 rings (SSSR count). The summed E-state index contributed by atoms with van der Waals surface area (Å²) in [6.45, 7) is 1.87. The predicted molar refractivity (Wildman–Crippen MR) is 72.4 cm³/mol. The Balaban J connectivity index is 2.94. The van der Waals surface area contributed by atoms with Crippen molar-refractivity contribution in [2.75, 3.05) is 19.6 Å². The second-order valence-electron chi connectivity index (χ2n) is 3.77. The van der Waals surface area contributed by atoms with Crippen LogP contribution in [-0.2, 0) is 0 Å². The zero-order valence-corrected chi connectivity index (χ0v) is 11.1. The van der Waals surface area contributed by atoms with Crippen LogP contribution in [0, 0.1) is 6.92 Å². The average molecular weight is 268 g/mol. The van der Waals surface area contributed by atoms with E-state index in [4.69, 9.17) is 26.9 Å². The van der Waals surface area contributed by atoms with Gasteiger partial charge in [0, 0.05) is 11.8 Å². The Bertz CT molecular complexity index is 602. The summed E-state index contributed by atoms with van der Waals surface area (Å²) < 4.78 is 10.5. The van der Waals surface area contributed by atoms with Gasteiger partial charge in [-0.3, -0.25) is 5.84 Å². The Labute approximate surface area is 110 Å². The van der Waals surface area contributed by atoms with Gasteiger partial charge in [-0.1, -0.05) is 11.6 Å². The van der Waals surface area contributed by atoms with Gasteiger partial charge in [-0.15, -0.1) is 0 Å². The molecule has 2 aromatic rings. The van der Waals surface area contributed by atoms with Crippen molar-refractivity contribution in [3.05, 3.63) is 22.8 Å². The molecule has 0 aliphatic heterocycles. The van der Waals surface area contributed by atoms with Crippen LogP contribution in [0.2, 0.25) is 5.02 Å². The van der Waals surface area contributed by atoms with E-state index in [2.05, 4.69) is 10.4 Å². The Morgan fingerprint density at radius 3 is 2.44 bits per heavy atom. The van der Waals surface area contributed by atoms with Gasteiger partial charge < -0.3 is 14.9 Å². The molecule has 0 fully saturated rings. The van der Waals surface area contributed by atoms with Gasteiger partial charge in [0.2, 0.25) is 0 Å². The van der Waals surface area contributed by atoms with Crippen LogP contribution in [0.3, 0.4) is 0 Å². The third-order valence-corrected chi connectivity index (χ3v) is 3.05. The maximum atomic E-state index is 6.29. The van der Waals surface area contributed by atoms with Gasteiger partial charge >= 0.3 is 0 Å². The fraction of sp³-hybridized carbons (Fsp3) is 0.250. The van der Waals surface area contributed by atoms with Crippen molar-refractivity contribution in [1.82, 2.24) is 4.98 Å². The van der Waals surface area contributed by atoms with Crippen molar-refractivity contribution >= 4 is 28.2 Å². The van der Waals surface area contributed by atoms with Crippen LogP contribution in [0.4, 0.5) is 5.69 Å². The molecule has 0 unspecified atom stereocenters. The number of rotatable bonds is 3. The van der Waals surface area contributed by atoms with Gasteiger partial charge in [-0.05, 0) is 13.0 Å². The number of nitrogens with zero attached hydrogens (tertiary/aromatic N) is 1. The van der Waals surface area contributed by atoms with Crippen LogP contribution in [0.1, 0.15) is 5.69 Å². The van der Waals surface area contributed by atoms with E-state index in [1.807, 2.05) is 13.0 Å². The van der Waals surface area contributed by atoms with Gasteiger partial charge in [0.25, 0.3) is 0 Å². The first-order valence-corrected chi connectivity index (χ1v) is 5.68. The number of ether oxygens (including phenoxy) is 2. The molecule has 3 N–H and O–H groups in total. The van der Waals surface area contributed by atoms with E-state index >= 15 is 0 Å². The number of pyridine rings is 1. The van der Waals surface area contributed by atoms with Crippen LogP contribution in [0.25, 0.3) is 10.9 Å². The quantitative estimate of drug-likeness (QED) is 0.660. The molecule has 5 nitrogen and oxygen atoms in total. The summed E-state index contributed by atoms with van der Waals surface area (Å²) in [5.41, 5.74) is 4.76. The maximum absolute atomic E-state index is 6.29. The topological polar surface area (TPSA) is 69.4 Å². The Morgan fingerprint density at radius 1 is 1.22 bits per heavy atom. The molecule has 0 saturated heterocycles. The molecule has 1 aromatic heterocycles. The summed E-state index contributed by atoms with van der Waals surface area (Å²) in [6, 6.07) is 3.52. The number of methoxy groups -OCH3 is 2. The number of hydrazine groups is 1. The van der Waals surface area contributed by atoms with E-state index in [1.54, 1.807) is 20.3 Å². The molecule has 0 amide bonds. The third-order valence-electron chi connectivity index (χ3n) is 2.67. The minimum atomic E-state index is 0.453. The van der Waals surface area contributed by atoms with Crippen LogP contribution in [0.5, 0.6) is 11.5 Å². The fourth-order valence-electron chi connectivity index (χ4n) is 1.87. The van der Waals surface area contributed by atoms with E-state index in [0.717, 1.165) is 5.69 Å². The van der Waals surface area contributed by atoms with E-state index in [-0.39, 0.29) is 0 Å². The lowest BCUT2D eigenvalue weighted by Crippen LogP contribution is -2.08. The van der Waals surface area contributed by atoms with Gasteiger partial charge in [-0.2, -0.15) is 0 Å². The number of hydrogen-bond donors (Lipinski definition) is 2. The highest BCUT2D eigenvalue weighted by Gasteiger charge is 2.16. The van der Waals surface area contributed by atoms with Gasteiger partial charge in [0.1, 0.15) is 17.0 Å². The lowest BCUT2D eigenvalue weighted by Gasteiger charge is -2.14. The first-order chi connectivity index (χ1) is 8.62. The Hall–Kier alpha value is -1.72. The molecule has 1 aromatic carbocycles. The predicted octanol–water partition coefficient (Wildman–Crippen LogP) is 2.50. The number of fused-ring (bicyclic) bond motifs is 1. The number of nitrogen functional groups attached to an aromatic ring is 1. The van der Waals surface area contributed by atoms with Crippen molar-refractivity contribution in [2.45, 2.75) is 6.92 Å². The summed E-state index contributed by atoms with van der Waals surface area (Å²) in [4.78, 5) is 4.43. The smallest absolute Gasteiger partial charge is 0.148 e. The Morgan fingerprint density at radius 2 is 1.89 bits per heavy atom. The highest BCUT2D eigenvalue weighted by atomic mass is 35.5.